The number of anilines is 3. The minimum absolute atomic E-state index is 0.0216. The van der Waals surface area contributed by atoms with Gasteiger partial charge in [-0.25, -0.2) is 4.98 Å². The molecule has 1 heterocycles. The molecule has 2 rings (SSSR count). The van der Waals surface area contributed by atoms with Crippen molar-refractivity contribution in [1.29, 1.82) is 0 Å². The fourth-order valence-electron chi connectivity index (χ4n) is 1.70. The number of hydrogen-bond donors (Lipinski definition) is 2. The molecule has 8 heteroatoms. The molecule has 0 saturated carbocycles. The maximum Gasteiger partial charge on any atom is 0.276 e. The van der Waals surface area contributed by atoms with E-state index < -0.39 is 4.92 Å². The van der Waals surface area contributed by atoms with Crippen molar-refractivity contribution in [2.75, 3.05) is 17.2 Å². The number of pyridine rings is 1. The molecule has 0 atom stereocenters. The third-order valence-electron chi connectivity index (χ3n) is 2.59. The quantitative estimate of drug-likeness (QED) is 0.546. The van der Waals surface area contributed by atoms with Crippen molar-refractivity contribution >= 4 is 54.9 Å². The van der Waals surface area contributed by atoms with E-state index in [0.29, 0.717) is 18.2 Å². The average molecular weight is 416 g/mol. The normalized spacial score (nSPS) is 10.2. The predicted octanol–water partition coefficient (Wildman–Crippen LogP) is 4.69. The van der Waals surface area contributed by atoms with Crippen LogP contribution in [0.4, 0.5) is 23.0 Å². The topological polar surface area (TPSA) is 80.1 Å². The Hall–Kier alpha value is -1.67. The highest BCUT2D eigenvalue weighted by molar-refractivity contribution is 9.11. The SMILES string of the molecule is CCNc1cc([N+](=O)[O-])cc(Nc2c(Br)cccc2Br)n1. The third kappa shape index (κ3) is 3.92. The van der Waals surface area contributed by atoms with Crippen molar-refractivity contribution in [3.8, 4) is 0 Å². The molecule has 0 aliphatic rings. The van der Waals surface area contributed by atoms with Gasteiger partial charge in [-0.1, -0.05) is 6.07 Å². The molecule has 0 bridgehead atoms. The van der Waals surface area contributed by atoms with Gasteiger partial charge in [0.25, 0.3) is 5.69 Å². The summed E-state index contributed by atoms with van der Waals surface area (Å²) in [6, 6.07) is 8.42. The first-order valence-corrected chi connectivity index (χ1v) is 7.71. The third-order valence-corrected chi connectivity index (χ3v) is 3.92. The Kier molecular flexibility index (Phi) is 5.13. The van der Waals surface area contributed by atoms with Crippen LogP contribution in [-0.4, -0.2) is 16.5 Å². The van der Waals surface area contributed by atoms with Gasteiger partial charge in [-0.05, 0) is 50.9 Å². The second-order valence-corrected chi connectivity index (χ2v) is 5.81. The van der Waals surface area contributed by atoms with Gasteiger partial charge in [-0.15, -0.1) is 0 Å². The zero-order chi connectivity index (χ0) is 15.4. The minimum atomic E-state index is -0.442. The number of nitrogens with zero attached hydrogens (tertiary/aromatic N) is 2. The van der Waals surface area contributed by atoms with E-state index in [0.717, 1.165) is 14.6 Å². The molecule has 0 amide bonds. The van der Waals surface area contributed by atoms with Gasteiger partial charge in [-0.2, -0.15) is 0 Å². The van der Waals surface area contributed by atoms with Crippen molar-refractivity contribution in [2.45, 2.75) is 6.92 Å². The van der Waals surface area contributed by atoms with Gasteiger partial charge in [0, 0.05) is 15.5 Å². The minimum Gasteiger partial charge on any atom is -0.370 e. The molecule has 0 unspecified atom stereocenters. The zero-order valence-corrected chi connectivity index (χ0v) is 14.2. The summed E-state index contributed by atoms with van der Waals surface area (Å²) < 4.78 is 1.66. The lowest BCUT2D eigenvalue weighted by Crippen LogP contribution is -2.03. The number of nitro groups is 1. The summed E-state index contributed by atoms with van der Waals surface area (Å²) in [7, 11) is 0. The van der Waals surface area contributed by atoms with Gasteiger partial charge in [0.1, 0.15) is 11.6 Å². The molecular weight excluding hydrogens is 404 g/mol. The van der Waals surface area contributed by atoms with Gasteiger partial charge in [-0.3, -0.25) is 10.1 Å². The number of para-hydroxylation sites is 1. The smallest absolute Gasteiger partial charge is 0.276 e. The molecule has 6 nitrogen and oxygen atoms in total. The molecule has 0 radical (unpaired) electrons. The monoisotopic (exact) mass is 414 g/mol. The molecule has 0 spiro atoms. The van der Waals surface area contributed by atoms with Gasteiger partial charge in [0.2, 0.25) is 0 Å². The van der Waals surface area contributed by atoms with Crippen molar-refractivity contribution < 1.29 is 4.92 Å². The lowest BCUT2D eigenvalue weighted by atomic mass is 10.3. The van der Waals surface area contributed by atoms with Crippen LogP contribution in [0.15, 0.2) is 39.3 Å². The first-order valence-electron chi connectivity index (χ1n) is 6.12. The highest BCUT2D eigenvalue weighted by atomic mass is 79.9. The number of hydrogen-bond acceptors (Lipinski definition) is 5. The van der Waals surface area contributed by atoms with Crippen LogP contribution in [0.5, 0.6) is 0 Å². The van der Waals surface area contributed by atoms with Gasteiger partial charge in [0.05, 0.1) is 22.7 Å². The number of rotatable bonds is 5. The first kappa shape index (κ1) is 15.7. The van der Waals surface area contributed by atoms with E-state index in [1.807, 2.05) is 25.1 Å². The van der Waals surface area contributed by atoms with Crippen LogP contribution < -0.4 is 10.6 Å². The van der Waals surface area contributed by atoms with Crippen molar-refractivity contribution in [1.82, 2.24) is 4.98 Å². The molecule has 0 aliphatic carbocycles. The zero-order valence-electron chi connectivity index (χ0n) is 11.1. The van der Waals surface area contributed by atoms with E-state index in [1.54, 1.807) is 0 Å². The number of nitrogens with one attached hydrogen (secondary N) is 2. The van der Waals surface area contributed by atoms with Crippen LogP contribution in [0.1, 0.15) is 6.92 Å². The van der Waals surface area contributed by atoms with Gasteiger partial charge >= 0.3 is 0 Å². The van der Waals surface area contributed by atoms with Crippen molar-refractivity contribution in [3.05, 3.63) is 49.4 Å². The Morgan fingerprint density at radius 2 is 1.86 bits per heavy atom. The lowest BCUT2D eigenvalue weighted by Gasteiger charge is -2.11. The van der Waals surface area contributed by atoms with E-state index in [-0.39, 0.29) is 5.69 Å². The fourth-order valence-corrected chi connectivity index (χ4v) is 2.90. The molecule has 0 fully saturated rings. The number of halogens is 2. The number of aromatic nitrogens is 1. The molecule has 0 aliphatic heterocycles. The number of benzene rings is 1. The Bertz CT molecular complexity index is 659. The molecule has 1 aromatic carbocycles. The summed E-state index contributed by atoms with van der Waals surface area (Å²) in [6.45, 7) is 2.53. The molecule has 21 heavy (non-hydrogen) atoms. The summed E-state index contributed by atoms with van der Waals surface area (Å²) in [6.07, 6.45) is 0. The molecule has 2 aromatic rings. The lowest BCUT2D eigenvalue weighted by molar-refractivity contribution is -0.384. The van der Waals surface area contributed by atoms with E-state index in [1.165, 1.54) is 12.1 Å². The second kappa shape index (κ2) is 6.86. The standard InChI is InChI=1S/C13H12Br2N4O2/c1-2-16-11-6-8(19(20)21)7-12(17-11)18-13-9(14)4-3-5-10(13)15/h3-7H,2H2,1H3,(H2,16,17,18). The van der Waals surface area contributed by atoms with E-state index in [2.05, 4.69) is 47.5 Å². The largest absolute Gasteiger partial charge is 0.370 e. The molecule has 110 valence electrons. The summed E-state index contributed by atoms with van der Waals surface area (Å²) in [5.74, 6) is 0.852. The van der Waals surface area contributed by atoms with E-state index in [9.17, 15) is 10.1 Å². The Morgan fingerprint density at radius 1 is 1.24 bits per heavy atom. The molecule has 2 N–H and O–H groups in total. The maximum atomic E-state index is 11.0. The van der Waals surface area contributed by atoms with Crippen LogP contribution in [0.25, 0.3) is 0 Å². The second-order valence-electron chi connectivity index (χ2n) is 4.10. The molecule has 0 saturated heterocycles. The Morgan fingerprint density at radius 3 is 2.43 bits per heavy atom. The first-order chi connectivity index (χ1) is 10.0. The van der Waals surface area contributed by atoms with Crippen LogP contribution >= 0.6 is 31.9 Å². The van der Waals surface area contributed by atoms with Crippen LogP contribution in [0.3, 0.4) is 0 Å². The maximum absolute atomic E-state index is 11.0. The summed E-state index contributed by atoms with van der Waals surface area (Å²) >= 11 is 6.86. The van der Waals surface area contributed by atoms with Crippen molar-refractivity contribution in [2.24, 2.45) is 0 Å². The molecule has 1 aromatic heterocycles. The predicted molar refractivity (Wildman–Crippen MR) is 90.2 cm³/mol. The average Bonchev–Trinajstić information content (AvgIpc) is 2.43. The fraction of sp³-hybridized carbons (Fsp3) is 0.154. The Labute approximate surface area is 138 Å². The summed E-state index contributed by atoms with van der Waals surface area (Å²) in [5.41, 5.74) is 0.736. The van der Waals surface area contributed by atoms with Crippen LogP contribution in [0.2, 0.25) is 0 Å². The van der Waals surface area contributed by atoms with Crippen LogP contribution in [0, 0.1) is 10.1 Å². The summed E-state index contributed by atoms with van der Waals surface area (Å²) in [5, 5.41) is 17.1. The highest BCUT2D eigenvalue weighted by Crippen LogP contribution is 2.33. The van der Waals surface area contributed by atoms with Gasteiger partial charge in [0.15, 0.2) is 0 Å². The van der Waals surface area contributed by atoms with Gasteiger partial charge < -0.3 is 10.6 Å². The highest BCUT2D eigenvalue weighted by Gasteiger charge is 2.13. The van der Waals surface area contributed by atoms with E-state index in [4.69, 9.17) is 0 Å². The van der Waals surface area contributed by atoms with Crippen LogP contribution in [-0.2, 0) is 0 Å². The van der Waals surface area contributed by atoms with Crippen molar-refractivity contribution in [3.63, 3.8) is 0 Å². The van der Waals surface area contributed by atoms with E-state index >= 15 is 0 Å². The molecular formula is C13H12Br2N4O2. The Balaban J connectivity index is 2.41. The summed E-state index contributed by atoms with van der Waals surface area (Å²) in [4.78, 5) is 14.9.